The molecule has 1 aliphatic carbocycles. The molecule has 7 nitrogen and oxygen atoms in total. The smallest absolute Gasteiger partial charge is 0.329 e. The number of alkyl halides is 3. The first-order valence-corrected chi connectivity index (χ1v) is 9.01. The first-order valence-electron chi connectivity index (χ1n) is 8.03. The van der Waals surface area contributed by atoms with Gasteiger partial charge in [-0.3, -0.25) is 19.5 Å². The van der Waals surface area contributed by atoms with Crippen LogP contribution in [0.5, 0.6) is 0 Å². The molecule has 1 aliphatic rings. The average Bonchev–Trinajstić information content (AvgIpc) is 3.42. The molecule has 1 aromatic heterocycles. The third-order valence-corrected chi connectivity index (χ3v) is 4.67. The number of fused-ring (bicyclic) bond motifs is 1. The van der Waals surface area contributed by atoms with Crippen LogP contribution < -0.4 is 16.2 Å². The van der Waals surface area contributed by atoms with Gasteiger partial charge in [-0.25, -0.2) is 9.78 Å². The number of amides is 3. The van der Waals surface area contributed by atoms with Crippen LogP contribution in [0.15, 0.2) is 34.2 Å². The SMILES string of the molecule is O=C(CSc1nc2ccccc2c(=O)n1C1CC1)NC(=O)NCC(F)(F)F. The van der Waals surface area contributed by atoms with E-state index in [4.69, 9.17) is 0 Å². The summed E-state index contributed by atoms with van der Waals surface area (Å²) in [5.41, 5.74) is 0.291. The van der Waals surface area contributed by atoms with E-state index in [-0.39, 0.29) is 17.4 Å². The van der Waals surface area contributed by atoms with Crippen LogP contribution in [-0.2, 0) is 4.79 Å². The van der Waals surface area contributed by atoms with Crippen LogP contribution in [0.4, 0.5) is 18.0 Å². The molecular weight excluding hydrogens is 385 g/mol. The topological polar surface area (TPSA) is 93.1 Å². The van der Waals surface area contributed by atoms with E-state index in [9.17, 15) is 27.6 Å². The Hall–Kier alpha value is -2.56. The number of carbonyl (C=O) groups is 2. The summed E-state index contributed by atoms with van der Waals surface area (Å²) in [6, 6.07) is 5.63. The Morgan fingerprint density at radius 3 is 2.63 bits per heavy atom. The maximum atomic E-state index is 12.7. The lowest BCUT2D eigenvalue weighted by Crippen LogP contribution is -2.44. The van der Waals surface area contributed by atoms with Crippen molar-refractivity contribution in [2.75, 3.05) is 12.3 Å². The number of thioether (sulfide) groups is 1. The molecular formula is C16H15F3N4O3S. The van der Waals surface area contributed by atoms with Crippen molar-refractivity contribution in [3.05, 3.63) is 34.6 Å². The van der Waals surface area contributed by atoms with Crippen molar-refractivity contribution in [2.24, 2.45) is 0 Å². The molecule has 0 aliphatic heterocycles. The number of benzene rings is 1. The molecule has 3 rings (SSSR count). The maximum Gasteiger partial charge on any atom is 0.405 e. The molecule has 3 amide bonds. The zero-order chi connectivity index (χ0) is 19.6. The quantitative estimate of drug-likeness (QED) is 0.593. The molecule has 2 N–H and O–H groups in total. The highest BCUT2D eigenvalue weighted by Crippen LogP contribution is 2.36. The van der Waals surface area contributed by atoms with Gasteiger partial charge in [0.25, 0.3) is 5.56 Å². The van der Waals surface area contributed by atoms with Crippen molar-refractivity contribution in [1.82, 2.24) is 20.2 Å². The monoisotopic (exact) mass is 400 g/mol. The van der Waals surface area contributed by atoms with Crippen LogP contribution in [-0.4, -0.2) is 40.0 Å². The van der Waals surface area contributed by atoms with Crippen molar-refractivity contribution in [3.63, 3.8) is 0 Å². The predicted molar refractivity (Wildman–Crippen MR) is 92.6 cm³/mol. The third kappa shape index (κ3) is 5.00. The molecule has 0 saturated heterocycles. The summed E-state index contributed by atoms with van der Waals surface area (Å²) in [5, 5.41) is 4.18. The molecule has 1 aromatic carbocycles. The number of nitrogens with one attached hydrogen (secondary N) is 2. The van der Waals surface area contributed by atoms with E-state index < -0.39 is 24.7 Å². The maximum absolute atomic E-state index is 12.7. The fourth-order valence-corrected chi connectivity index (χ4v) is 3.27. The number of nitrogens with zero attached hydrogens (tertiary/aromatic N) is 2. The number of imide groups is 1. The van der Waals surface area contributed by atoms with E-state index in [1.165, 1.54) is 4.57 Å². The second-order valence-corrected chi connectivity index (χ2v) is 6.90. The van der Waals surface area contributed by atoms with Crippen molar-refractivity contribution in [3.8, 4) is 0 Å². The lowest BCUT2D eigenvalue weighted by Gasteiger charge is -2.12. The molecule has 0 spiro atoms. The van der Waals surface area contributed by atoms with Gasteiger partial charge >= 0.3 is 12.2 Å². The van der Waals surface area contributed by atoms with Crippen molar-refractivity contribution in [1.29, 1.82) is 0 Å². The van der Waals surface area contributed by atoms with E-state index in [2.05, 4.69) is 4.98 Å². The standard InChI is InChI=1S/C16H15F3N4O3S/c17-16(18,19)8-20-14(26)22-12(24)7-27-15-21-11-4-2-1-3-10(11)13(25)23(15)9-5-6-9/h1-4,9H,5-8H2,(H2,20,22,24,26). The second kappa shape index (κ2) is 7.59. The largest absolute Gasteiger partial charge is 0.405 e. The van der Waals surface area contributed by atoms with E-state index >= 15 is 0 Å². The number of hydrogen-bond acceptors (Lipinski definition) is 5. The lowest BCUT2D eigenvalue weighted by molar-refractivity contribution is -0.124. The number of halogens is 3. The molecule has 0 unspecified atom stereocenters. The summed E-state index contributed by atoms with van der Waals surface area (Å²) in [4.78, 5) is 40.2. The Labute approximate surface area is 155 Å². The Bertz CT molecular complexity index is 941. The minimum absolute atomic E-state index is 0.0234. The van der Waals surface area contributed by atoms with E-state index in [0.717, 1.165) is 24.6 Å². The van der Waals surface area contributed by atoms with Gasteiger partial charge in [0, 0.05) is 6.04 Å². The van der Waals surface area contributed by atoms with Crippen molar-refractivity contribution < 1.29 is 22.8 Å². The Kier molecular flexibility index (Phi) is 5.40. The summed E-state index contributed by atoms with van der Waals surface area (Å²) in [6.07, 6.45) is -2.90. The fourth-order valence-electron chi connectivity index (χ4n) is 2.40. The normalized spacial score (nSPS) is 14.2. The van der Waals surface area contributed by atoms with E-state index in [1.54, 1.807) is 29.6 Å². The van der Waals surface area contributed by atoms with Gasteiger partial charge in [-0.15, -0.1) is 0 Å². The summed E-state index contributed by atoms with van der Waals surface area (Å²) >= 11 is 0.956. The summed E-state index contributed by atoms with van der Waals surface area (Å²) in [7, 11) is 0. The Morgan fingerprint density at radius 1 is 1.26 bits per heavy atom. The second-order valence-electron chi connectivity index (χ2n) is 5.95. The molecule has 0 radical (unpaired) electrons. The lowest BCUT2D eigenvalue weighted by atomic mass is 10.2. The van der Waals surface area contributed by atoms with Gasteiger partial charge in [0.2, 0.25) is 5.91 Å². The first kappa shape index (κ1) is 19.2. The van der Waals surface area contributed by atoms with Gasteiger partial charge in [-0.1, -0.05) is 23.9 Å². The van der Waals surface area contributed by atoms with Gasteiger partial charge in [0.1, 0.15) is 6.54 Å². The molecule has 1 saturated carbocycles. The Morgan fingerprint density at radius 2 is 1.96 bits per heavy atom. The summed E-state index contributed by atoms with van der Waals surface area (Å²) in [6.45, 7) is -1.54. The van der Waals surface area contributed by atoms with Crippen LogP contribution >= 0.6 is 11.8 Å². The zero-order valence-electron chi connectivity index (χ0n) is 13.9. The summed E-state index contributed by atoms with van der Waals surface area (Å²) in [5.74, 6) is -1.05. The Balaban J connectivity index is 1.68. The highest BCUT2D eigenvalue weighted by atomic mass is 32.2. The van der Waals surface area contributed by atoms with Crippen molar-refractivity contribution >= 4 is 34.6 Å². The van der Waals surface area contributed by atoms with Crippen LogP contribution in [0.25, 0.3) is 10.9 Å². The van der Waals surface area contributed by atoms with Gasteiger partial charge in [-0.05, 0) is 25.0 Å². The molecule has 11 heteroatoms. The van der Waals surface area contributed by atoms with Crippen LogP contribution in [0, 0.1) is 0 Å². The van der Waals surface area contributed by atoms with Crippen LogP contribution in [0.3, 0.4) is 0 Å². The average molecular weight is 400 g/mol. The minimum Gasteiger partial charge on any atom is -0.329 e. The highest BCUT2D eigenvalue weighted by Gasteiger charge is 2.29. The summed E-state index contributed by atoms with van der Waals surface area (Å²) < 4.78 is 37.7. The van der Waals surface area contributed by atoms with Crippen LogP contribution in [0.1, 0.15) is 18.9 Å². The van der Waals surface area contributed by atoms with Gasteiger partial charge in [0.05, 0.1) is 16.7 Å². The predicted octanol–water partition coefficient (Wildman–Crippen LogP) is 2.21. The zero-order valence-corrected chi connectivity index (χ0v) is 14.7. The number of para-hydroxylation sites is 1. The van der Waals surface area contributed by atoms with Gasteiger partial charge in [-0.2, -0.15) is 13.2 Å². The molecule has 0 bridgehead atoms. The molecule has 1 heterocycles. The molecule has 2 aromatic rings. The molecule has 1 fully saturated rings. The number of hydrogen-bond donors (Lipinski definition) is 2. The molecule has 0 atom stereocenters. The van der Waals surface area contributed by atoms with Gasteiger partial charge in [0.15, 0.2) is 5.16 Å². The first-order chi connectivity index (χ1) is 12.7. The minimum atomic E-state index is -4.56. The fraction of sp³-hybridized carbons (Fsp3) is 0.375. The number of aromatic nitrogens is 2. The van der Waals surface area contributed by atoms with E-state index in [1.807, 2.05) is 5.32 Å². The van der Waals surface area contributed by atoms with Crippen molar-refractivity contribution in [2.45, 2.75) is 30.2 Å². The molecule has 144 valence electrons. The number of carbonyl (C=O) groups excluding carboxylic acids is 2. The number of rotatable bonds is 5. The molecule has 27 heavy (non-hydrogen) atoms. The number of urea groups is 1. The van der Waals surface area contributed by atoms with E-state index in [0.29, 0.717) is 16.1 Å². The highest BCUT2D eigenvalue weighted by molar-refractivity contribution is 7.99. The van der Waals surface area contributed by atoms with Crippen LogP contribution in [0.2, 0.25) is 0 Å². The third-order valence-electron chi connectivity index (χ3n) is 3.72. The van der Waals surface area contributed by atoms with Gasteiger partial charge < -0.3 is 5.32 Å².